The fraction of sp³-hybridized carbons (Fsp3) is 0.455. The van der Waals surface area contributed by atoms with Gasteiger partial charge in [-0.1, -0.05) is 6.07 Å². The van der Waals surface area contributed by atoms with E-state index < -0.39 is 32.8 Å². The van der Waals surface area contributed by atoms with Crippen molar-refractivity contribution in [3.63, 3.8) is 0 Å². The van der Waals surface area contributed by atoms with E-state index in [9.17, 15) is 17.2 Å². The zero-order chi connectivity index (χ0) is 12.6. The molecule has 17 heavy (non-hydrogen) atoms. The third-order valence-electron chi connectivity index (χ3n) is 2.96. The summed E-state index contributed by atoms with van der Waals surface area (Å²) in [5.41, 5.74) is -0.226. The Morgan fingerprint density at radius 3 is 2.35 bits per heavy atom. The summed E-state index contributed by atoms with van der Waals surface area (Å²) in [4.78, 5) is 0. The van der Waals surface area contributed by atoms with E-state index in [0.717, 1.165) is 12.1 Å². The zero-order valence-electron chi connectivity index (χ0n) is 8.87. The number of alkyl halides is 1. The molecule has 0 amide bonds. The maximum atomic E-state index is 13.5. The summed E-state index contributed by atoms with van der Waals surface area (Å²) in [6, 6.07) is 3.50. The van der Waals surface area contributed by atoms with Crippen LogP contribution in [-0.4, -0.2) is 19.9 Å². The van der Waals surface area contributed by atoms with E-state index in [-0.39, 0.29) is 17.1 Å². The fourth-order valence-corrected chi connectivity index (χ4v) is 4.43. The van der Waals surface area contributed by atoms with Gasteiger partial charge in [0.2, 0.25) is 0 Å². The van der Waals surface area contributed by atoms with Crippen LogP contribution in [0.3, 0.4) is 0 Å². The summed E-state index contributed by atoms with van der Waals surface area (Å²) in [7, 11) is -3.10. The second kappa shape index (κ2) is 4.53. The number of sulfone groups is 1. The topological polar surface area (TPSA) is 34.1 Å². The lowest BCUT2D eigenvalue weighted by Gasteiger charge is -2.17. The van der Waals surface area contributed by atoms with Crippen molar-refractivity contribution in [2.45, 2.75) is 11.8 Å². The summed E-state index contributed by atoms with van der Waals surface area (Å²) in [6.07, 6.45) is 0.351. The molecule has 1 heterocycles. The second-order valence-electron chi connectivity index (χ2n) is 4.20. The maximum Gasteiger partial charge on any atom is 0.150 e. The highest BCUT2D eigenvalue weighted by Crippen LogP contribution is 2.38. The summed E-state index contributed by atoms with van der Waals surface area (Å²) in [6.45, 7) is 0. The maximum absolute atomic E-state index is 13.5. The van der Waals surface area contributed by atoms with E-state index >= 15 is 0 Å². The molecule has 1 saturated heterocycles. The van der Waals surface area contributed by atoms with Crippen molar-refractivity contribution in [2.75, 3.05) is 11.5 Å². The van der Waals surface area contributed by atoms with Gasteiger partial charge in [0.1, 0.15) is 11.6 Å². The molecule has 1 aliphatic rings. The van der Waals surface area contributed by atoms with Crippen molar-refractivity contribution >= 4 is 21.4 Å². The van der Waals surface area contributed by atoms with Gasteiger partial charge in [-0.05, 0) is 24.5 Å². The van der Waals surface area contributed by atoms with E-state index in [4.69, 9.17) is 11.6 Å². The fourth-order valence-electron chi connectivity index (χ4n) is 2.06. The Morgan fingerprint density at radius 1 is 1.29 bits per heavy atom. The lowest BCUT2D eigenvalue weighted by molar-refractivity contribution is 0.499. The third kappa shape index (κ3) is 2.60. The molecule has 0 spiro atoms. The Labute approximate surface area is 104 Å². The van der Waals surface area contributed by atoms with Crippen LogP contribution in [-0.2, 0) is 9.84 Å². The summed E-state index contributed by atoms with van der Waals surface area (Å²) < 4.78 is 49.5. The predicted octanol–water partition coefficient (Wildman–Crippen LogP) is 2.68. The molecule has 94 valence electrons. The molecule has 6 heteroatoms. The predicted molar refractivity (Wildman–Crippen MR) is 61.7 cm³/mol. The number of benzene rings is 1. The molecule has 1 fully saturated rings. The van der Waals surface area contributed by atoms with Crippen LogP contribution < -0.4 is 0 Å². The third-order valence-corrected chi connectivity index (χ3v) is 5.33. The number of hydrogen-bond acceptors (Lipinski definition) is 2. The molecule has 2 unspecified atom stereocenters. The van der Waals surface area contributed by atoms with Crippen LogP contribution in [0.1, 0.15) is 17.4 Å². The molecular weight excluding hydrogens is 270 g/mol. The quantitative estimate of drug-likeness (QED) is 0.781. The Kier molecular flexibility index (Phi) is 3.41. The molecule has 2 atom stereocenters. The standard InChI is InChI=1S/C11H11ClF2O2S/c12-11(7-4-5-17(15,16)6-7)10-8(13)2-1-3-9(10)14/h1-3,7,11H,4-6H2. The van der Waals surface area contributed by atoms with E-state index in [1.54, 1.807) is 0 Å². The molecular formula is C11H11ClF2O2S. The van der Waals surface area contributed by atoms with Crippen LogP contribution in [0, 0.1) is 17.6 Å². The van der Waals surface area contributed by atoms with Gasteiger partial charge in [-0.2, -0.15) is 0 Å². The number of rotatable bonds is 2. The Bertz CT molecular complexity index is 510. The zero-order valence-corrected chi connectivity index (χ0v) is 10.4. The first kappa shape index (κ1) is 12.8. The highest BCUT2D eigenvalue weighted by molar-refractivity contribution is 7.91. The van der Waals surface area contributed by atoms with E-state index in [2.05, 4.69) is 0 Å². The first-order chi connectivity index (χ1) is 7.91. The average molecular weight is 281 g/mol. The van der Waals surface area contributed by atoms with Gasteiger partial charge < -0.3 is 0 Å². The molecule has 2 nitrogen and oxygen atoms in total. The molecule has 1 aromatic rings. The van der Waals surface area contributed by atoms with Gasteiger partial charge in [0, 0.05) is 5.56 Å². The largest absolute Gasteiger partial charge is 0.229 e. The smallest absolute Gasteiger partial charge is 0.150 e. The van der Waals surface area contributed by atoms with E-state index in [0.29, 0.717) is 6.42 Å². The Morgan fingerprint density at radius 2 is 1.88 bits per heavy atom. The van der Waals surface area contributed by atoms with Crippen molar-refractivity contribution < 1.29 is 17.2 Å². The Hall–Kier alpha value is -0.680. The molecule has 1 aromatic carbocycles. The van der Waals surface area contributed by atoms with Gasteiger partial charge in [0.15, 0.2) is 9.84 Å². The van der Waals surface area contributed by atoms with Crippen LogP contribution in [0.2, 0.25) is 0 Å². The van der Waals surface area contributed by atoms with Gasteiger partial charge in [-0.15, -0.1) is 11.6 Å². The average Bonchev–Trinajstić information content (AvgIpc) is 2.58. The van der Waals surface area contributed by atoms with Gasteiger partial charge in [0.25, 0.3) is 0 Å². The summed E-state index contributed by atoms with van der Waals surface area (Å²) in [5.74, 6) is -1.94. The second-order valence-corrected chi connectivity index (χ2v) is 6.90. The highest BCUT2D eigenvalue weighted by Gasteiger charge is 2.35. The van der Waals surface area contributed by atoms with Gasteiger partial charge in [-0.25, -0.2) is 17.2 Å². The number of halogens is 3. The molecule has 0 N–H and O–H groups in total. The molecule has 0 saturated carbocycles. The molecule has 0 radical (unpaired) electrons. The van der Waals surface area contributed by atoms with Crippen molar-refractivity contribution in [1.29, 1.82) is 0 Å². The lowest BCUT2D eigenvalue weighted by atomic mass is 9.97. The molecule has 0 aliphatic carbocycles. The van der Waals surface area contributed by atoms with Gasteiger partial charge >= 0.3 is 0 Å². The molecule has 0 bridgehead atoms. The highest BCUT2D eigenvalue weighted by atomic mass is 35.5. The van der Waals surface area contributed by atoms with Crippen molar-refractivity contribution in [3.8, 4) is 0 Å². The summed E-state index contributed by atoms with van der Waals surface area (Å²) in [5, 5.41) is -0.937. The first-order valence-corrected chi connectivity index (χ1v) is 7.45. The minimum atomic E-state index is -3.10. The van der Waals surface area contributed by atoms with Crippen molar-refractivity contribution in [3.05, 3.63) is 35.4 Å². The van der Waals surface area contributed by atoms with Crippen LogP contribution in [0.4, 0.5) is 8.78 Å². The minimum Gasteiger partial charge on any atom is -0.229 e. The van der Waals surface area contributed by atoms with Crippen LogP contribution in [0.25, 0.3) is 0 Å². The molecule has 0 aromatic heterocycles. The van der Waals surface area contributed by atoms with Crippen molar-refractivity contribution in [2.24, 2.45) is 5.92 Å². The summed E-state index contributed by atoms with van der Waals surface area (Å²) >= 11 is 6.01. The Balaban J connectivity index is 2.29. The van der Waals surface area contributed by atoms with Crippen LogP contribution in [0.15, 0.2) is 18.2 Å². The lowest BCUT2D eigenvalue weighted by Crippen LogP contribution is -2.13. The first-order valence-electron chi connectivity index (χ1n) is 5.19. The van der Waals surface area contributed by atoms with Crippen LogP contribution in [0.5, 0.6) is 0 Å². The van der Waals surface area contributed by atoms with E-state index in [1.807, 2.05) is 0 Å². The van der Waals surface area contributed by atoms with Gasteiger partial charge in [-0.3, -0.25) is 0 Å². The number of hydrogen-bond donors (Lipinski definition) is 0. The van der Waals surface area contributed by atoms with Crippen LogP contribution >= 0.6 is 11.6 Å². The minimum absolute atomic E-state index is 0.0386. The molecule has 1 aliphatic heterocycles. The van der Waals surface area contributed by atoms with Gasteiger partial charge in [0.05, 0.1) is 16.9 Å². The molecule has 2 rings (SSSR count). The normalized spacial score (nSPS) is 24.8. The van der Waals surface area contributed by atoms with Crippen molar-refractivity contribution in [1.82, 2.24) is 0 Å². The SMILES string of the molecule is O=S1(=O)CCC(C(Cl)c2c(F)cccc2F)C1. The van der Waals surface area contributed by atoms with E-state index in [1.165, 1.54) is 6.07 Å². The monoisotopic (exact) mass is 280 g/mol.